The summed E-state index contributed by atoms with van der Waals surface area (Å²) in [6.07, 6.45) is 12.6. The van der Waals surface area contributed by atoms with Gasteiger partial charge in [-0.15, -0.1) is 0 Å². The van der Waals surface area contributed by atoms with E-state index in [0.717, 1.165) is 18.3 Å². The first kappa shape index (κ1) is 34.1. The molecule has 1 saturated heterocycles. The number of aldehydes is 1. The number of anilines is 1. The van der Waals surface area contributed by atoms with Gasteiger partial charge in [0.1, 0.15) is 12.0 Å². The molecule has 6 nitrogen and oxygen atoms in total. The van der Waals surface area contributed by atoms with Crippen LogP contribution in [0.25, 0.3) is 0 Å². The van der Waals surface area contributed by atoms with Crippen LogP contribution >= 0.6 is 0 Å². The van der Waals surface area contributed by atoms with Crippen LogP contribution in [0.3, 0.4) is 0 Å². The topological polar surface area (TPSA) is 78.9 Å². The minimum absolute atomic E-state index is 0.264. The monoisotopic (exact) mass is 514 g/mol. The van der Waals surface area contributed by atoms with Crippen molar-refractivity contribution in [2.24, 2.45) is 0 Å². The largest absolute Gasteiger partial charge is 0.478 e. The average molecular weight is 515 g/mol. The predicted molar refractivity (Wildman–Crippen MR) is 156 cm³/mol. The Bertz CT molecular complexity index is 866. The Balaban J connectivity index is 0.000000656. The number of benzene rings is 1. The van der Waals surface area contributed by atoms with Crippen LogP contribution in [0.1, 0.15) is 91.7 Å². The van der Waals surface area contributed by atoms with Gasteiger partial charge >= 0.3 is 5.97 Å². The van der Waals surface area contributed by atoms with Gasteiger partial charge in [-0.25, -0.2) is 4.79 Å². The first-order chi connectivity index (χ1) is 17.7. The van der Waals surface area contributed by atoms with Gasteiger partial charge in [0.05, 0.1) is 0 Å². The van der Waals surface area contributed by atoms with Crippen molar-refractivity contribution in [3.63, 3.8) is 0 Å². The maximum atomic E-state index is 10.8. The van der Waals surface area contributed by atoms with E-state index in [9.17, 15) is 9.59 Å². The molecule has 0 amide bonds. The van der Waals surface area contributed by atoms with Crippen LogP contribution in [-0.2, 0) is 14.3 Å². The lowest BCUT2D eigenvalue weighted by molar-refractivity contribution is -0.156. The van der Waals surface area contributed by atoms with Crippen LogP contribution < -0.4 is 10.2 Å². The van der Waals surface area contributed by atoms with Crippen LogP contribution in [0.4, 0.5) is 5.69 Å². The average Bonchev–Trinajstić information content (AvgIpc) is 3.18. The molecule has 0 spiro atoms. The van der Waals surface area contributed by atoms with Crippen LogP contribution in [0.2, 0.25) is 0 Å². The summed E-state index contributed by atoms with van der Waals surface area (Å²) in [5.74, 6) is -0.789. The number of allylic oxidation sites excluding steroid dienone is 4. The number of carbonyl (C=O) groups excluding carboxylic acids is 1. The zero-order valence-electron chi connectivity index (χ0n) is 24.2. The molecular formula is C31H50N2O4. The number of rotatable bonds is 11. The molecule has 6 heteroatoms. The number of aliphatic carboxylic acids is 1. The molecule has 208 valence electrons. The lowest BCUT2D eigenvalue weighted by Gasteiger charge is -2.27. The minimum atomic E-state index is -1.30. The third-order valence-electron chi connectivity index (χ3n) is 6.10. The molecule has 1 atom stereocenters. The van der Waals surface area contributed by atoms with Crippen molar-refractivity contribution in [3.8, 4) is 0 Å². The molecule has 1 fully saturated rings. The summed E-state index contributed by atoms with van der Waals surface area (Å²) >= 11 is 0. The number of carboxylic acid groups (broad SMARTS) is 1. The maximum absolute atomic E-state index is 10.8. The zero-order chi connectivity index (χ0) is 28.3. The highest BCUT2D eigenvalue weighted by molar-refractivity contribution is 5.76. The van der Waals surface area contributed by atoms with E-state index < -0.39 is 11.6 Å². The molecule has 37 heavy (non-hydrogen) atoms. The second kappa shape index (κ2) is 19.3. The van der Waals surface area contributed by atoms with E-state index in [-0.39, 0.29) is 5.76 Å². The molecule has 1 aliphatic rings. The normalized spacial score (nSPS) is 14.9. The highest BCUT2D eigenvalue weighted by atomic mass is 16.5. The second-order valence-corrected chi connectivity index (χ2v) is 9.26. The third-order valence-corrected chi connectivity index (χ3v) is 6.10. The second-order valence-electron chi connectivity index (χ2n) is 9.26. The van der Waals surface area contributed by atoms with Crippen molar-refractivity contribution < 1.29 is 19.4 Å². The first-order valence-corrected chi connectivity index (χ1v) is 13.6. The van der Waals surface area contributed by atoms with E-state index in [0.29, 0.717) is 12.5 Å². The van der Waals surface area contributed by atoms with Crippen molar-refractivity contribution in [1.29, 1.82) is 0 Å². The van der Waals surface area contributed by atoms with Gasteiger partial charge in [0.2, 0.25) is 0 Å². The highest BCUT2D eigenvalue weighted by Gasteiger charge is 2.29. The number of para-hydroxylation sites is 1. The summed E-state index contributed by atoms with van der Waals surface area (Å²) in [4.78, 5) is 23.8. The summed E-state index contributed by atoms with van der Waals surface area (Å²) in [7, 11) is 2.03. The van der Waals surface area contributed by atoms with Crippen LogP contribution in [0.15, 0.2) is 60.4 Å². The smallest absolute Gasteiger partial charge is 0.347 e. The van der Waals surface area contributed by atoms with Gasteiger partial charge in [-0.1, -0.05) is 76.1 Å². The Morgan fingerprint density at radius 1 is 1.19 bits per heavy atom. The van der Waals surface area contributed by atoms with Gasteiger partial charge < -0.3 is 24.9 Å². The van der Waals surface area contributed by atoms with E-state index in [1.165, 1.54) is 63.9 Å². The van der Waals surface area contributed by atoms with Gasteiger partial charge in [0, 0.05) is 31.2 Å². The fraction of sp³-hybridized carbons (Fsp3) is 0.548. The third kappa shape index (κ3) is 13.3. The van der Waals surface area contributed by atoms with Crippen LogP contribution in [-0.4, -0.2) is 43.1 Å². The molecule has 1 unspecified atom stereocenters. The van der Waals surface area contributed by atoms with Crippen molar-refractivity contribution in [2.45, 2.75) is 91.7 Å². The Morgan fingerprint density at radius 3 is 2.30 bits per heavy atom. The van der Waals surface area contributed by atoms with Gasteiger partial charge in [-0.05, 0) is 64.8 Å². The lowest BCUT2D eigenvalue weighted by Crippen LogP contribution is -2.34. The minimum Gasteiger partial charge on any atom is -0.478 e. The molecule has 1 heterocycles. The van der Waals surface area contributed by atoms with Crippen molar-refractivity contribution in [3.05, 3.63) is 66.0 Å². The summed E-state index contributed by atoms with van der Waals surface area (Å²) < 4.78 is 5.20. The summed E-state index contributed by atoms with van der Waals surface area (Å²) in [6, 6.07) is 9.25. The SMILES string of the molecule is C=C(/C=C\C=C(/CC)CC=O)OC(C)(C)C(=O)O.CC.CNC(C)c1ccccc1N1CCCCCC1. The van der Waals surface area contributed by atoms with E-state index in [1.807, 2.05) is 27.8 Å². The lowest BCUT2D eigenvalue weighted by atomic mass is 10.1. The van der Waals surface area contributed by atoms with Crippen LogP contribution in [0, 0.1) is 0 Å². The van der Waals surface area contributed by atoms with Crippen molar-refractivity contribution in [2.75, 3.05) is 25.0 Å². The van der Waals surface area contributed by atoms with E-state index in [4.69, 9.17) is 9.84 Å². The fourth-order valence-corrected chi connectivity index (χ4v) is 3.74. The number of hydrogen-bond donors (Lipinski definition) is 2. The molecule has 2 N–H and O–H groups in total. The van der Waals surface area contributed by atoms with Gasteiger partial charge in [0.25, 0.3) is 0 Å². The number of nitrogens with zero attached hydrogens (tertiary/aromatic N) is 1. The van der Waals surface area contributed by atoms with Gasteiger partial charge in [-0.3, -0.25) is 0 Å². The summed E-state index contributed by atoms with van der Waals surface area (Å²) in [5.41, 5.74) is 2.54. The predicted octanol–water partition coefficient (Wildman–Crippen LogP) is 7.24. The molecule has 1 aromatic rings. The van der Waals surface area contributed by atoms with E-state index >= 15 is 0 Å². The van der Waals surface area contributed by atoms with Crippen molar-refractivity contribution in [1.82, 2.24) is 5.32 Å². The molecule has 0 bridgehead atoms. The van der Waals surface area contributed by atoms with Crippen molar-refractivity contribution >= 4 is 17.9 Å². The molecule has 0 saturated carbocycles. The zero-order valence-corrected chi connectivity index (χ0v) is 24.2. The Hall–Kier alpha value is -2.86. The fourth-order valence-electron chi connectivity index (χ4n) is 3.74. The molecule has 0 radical (unpaired) electrons. The molecular weight excluding hydrogens is 464 g/mol. The van der Waals surface area contributed by atoms with E-state index in [1.54, 1.807) is 18.2 Å². The highest BCUT2D eigenvalue weighted by Crippen LogP contribution is 2.28. The maximum Gasteiger partial charge on any atom is 0.347 e. The van der Waals surface area contributed by atoms with Gasteiger partial charge in [-0.2, -0.15) is 0 Å². The molecule has 1 aromatic carbocycles. The Morgan fingerprint density at radius 2 is 1.78 bits per heavy atom. The standard InChI is InChI=1S/C15H24N2.C14H20O4.C2H6/c1-13(16-2)14-9-5-6-10-15(14)17-11-7-3-4-8-12-17;1-5-12(9-10-15)8-6-7-11(2)18-14(3,4)13(16)17;1-2/h5-6,9-10,13,16H,3-4,7-8,11-12H2,1-2H3;6-8,10H,2,5,9H2,1,3-4H3,(H,16,17);1-2H3/b;7-6-,12-8+;. The van der Waals surface area contributed by atoms with E-state index in [2.05, 4.69) is 48.0 Å². The number of hydrogen-bond acceptors (Lipinski definition) is 5. The Kier molecular flexibility index (Phi) is 17.8. The van der Waals surface area contributed by atoms with Gasteiger partial charge in [0.15, 0.2) is 5.60 Å². The molecule has 1 aliphatic heterocycles. The summed E-state index contributed by atoms with van der Waals surface area (Å²) in [5, 5.41) is 12.2. The molecule has 0 aromatic heterocycles. The van der Waals surface area contributed by atoms with Crippen LogP contribution in [0.5, 0.6) is 0 Å². The quantitative estimate of drug-likeness (QED) is 0.184. The summed E-state index contributed by atoms with van der Waals surface area (Å²) in [6.45, 7) is 17.1. The molecule has 0 aliphatic carbocycles. The number of ether oxygens (including phenoxy) is 1. The first-order valence-electron chi connectivity index (χ1n) is 13.6. The Labute approximate surface area is 225 Å². The number of nitrogens with one attached hydrogen (secondary N) is 1. The number of carboxylic acids is 1. The number of carbonyl (C=O) groups is 2. The molecule has 2 rings (SSSR count).